The maximum Gasteiger partial charge on any atom is 0.270 e. The second-order valence-electron chi connectivity index (χ2n) is 8.66. The summed E-state index contributed by atoms with van der Waals surface area (Å²) in [6.07, 6.45) is 6.72. The molecule has 0 saturated heterocycles. The quantitative estimate of drug-likeness (QED) is 0.360. The molecule has 0 spiro atoms. The summed E-state index contributed by atoms with van der Waals surface area (Å²) in [5.74, 6) is 0.466. The van der Waals surface area contributed by atoms with Crippen molar-refractivity contribution in [2.45, 2.75) is 52.0 Å². The molecule has 164 valence electrons. The highest BCUT2D eigenvalue weighted by Gasteiger charge is 2.28. The number of halogens is 1. The first-order valence-electron chi connectivity index (χ1n) is 10.9. The zero-order valence-corrected chi connectivity index (χ0v) is 20.0. The zero-order chi connectivity index (χ0) is 22.4. The van der Waals surface area contributed by atoms with E-state index in [1.807, 2.05) is 49.1 Å². The summed E-state index contributed by atoms with van der Waals surface area (Å²) >= 11 is 7.64. The number of aryl methyl sites for hydroxylation is 2. The number of benzene rings is 1. The van der Waals surface area contributed by atoms with E-state index in [0.29, 0.717) is 12.3 Å². The van der Waals surface area contributed by atoms with Crippen molar-refractivity contribution in [1.29, 1.82) is 0 Å². The van der Waals surface area contributed by atoms with Crippen molar-refractivity contribution < 1.29 is 0 Å². The fraction of sp³-hybridized carbons (Fsp3) is 0.320. The van der Waals surface area contributed by atoms with Crippen molar-refractivity contribution in [2.24, 2.45) is 0 Å². The Hall–Kier alpha value is -2.70. The molecular formula is C25H25ClN4OS. The number of hydrogen-bond acceptors (Lipinski definition) is 4. The largest absolute Gasteiger partial charge is 0.306 e. The van der Waals surface area contributed by atoms with E-state index < -0.39 is 0 Å². The molecule has 3 aromatic heterocycles. The van der Waals surface area contributed by atoms with Gasteiger partial charge in [0.2, 0.25) is 0 Å². The molecule has 1 aliphatic carbocycles. The Bertz CT molecular complexity index is 1350. The van der Waals surface area contributed by atoms with Crippen molar-refractivity contribution in [2.75, 3.05) is 0 Å². The van der Waals surface area contributed by atoms with Gasteiger partial charge in [0.15, 0.2) is 0 Å². The van der Waals surface area contributed by atoms with Crippen molar-refractivity contribution in [3.8, 4) is 5.69 Å². The molecule has 0 unspecified atom stereocenters. The lowest BCUT2D eigenvalue weighted by atomic mass is 10.0. The summed E-state index contributed by atoms with van der Waals surface area (Å²) in [5.41, 5.74) is 6.14. The molecule has 1 saturated carbocycles. The van der Waals surface area contributed by atoms with Gasteiger partial charge in [-0.2, -0.15) is 5.10 Å². The van der Waals surface area contributed by atoms with Crippen LogP contribution in [-0.4, -0.2) is 19.3 Å². The minimum Gasteiger partial charge on any atom is -0.306 e. The van der Waals surface area contributed by atoms with Crippen LogP contribution in [0.15, 0.2) is 53.7 Å². The van der Waals surface area contributed by atoms with Gasteiger partial charge in [-0.15, -0.1) is 11.3 Å². The summed E-state index contributed by atoms with van der Waals surface area (Å²) in [5, 5.41) is 4.75. The van der Waals surface area contributed by atoms with E-state index in [1.54, 1.807) is 4.68 Å². The van der Waals surface area contributed by atoms with E-state index in [4.69, 9.17) is 16.7 Å². The molecule has 3 heterocycles. The maximum atomic E-state index is 13.4. The molecule has 32 heavy (non-hydrogen) atoms. The number of nitrogens with zero attached hydrogens (tertiary/aromatic N) is 4. The van der Waals surface area contributed by atoms with Crippen LogP contribution in [0.5, 0.6) is 0 Å². The first kappa shape index (κ1) is 21.2. The summed E-state index contributed by atoms with van der Waals surface area (Å²) in [7, 11) is 0. The molecule has 1 aliphatic rings. The van der Waals surface area contributed by atoms with Crippen LogP contribution in [0.2, 0.25) is 4.34 Å². The highest BCUT2D eigenvalue weighted by atomic mass is 35.5. The third kappa shape index (κ3) is 4.17. The van der Waals surface area contributed by atoms with Crippen LogP contribution >= 0.6 is 22.9 Å². The van der Waals surface area contributed by atoms with E-state index in [0.717, 1.165) is 55.8 Å². The van der Waals surface area contributed by atoms with E-state index in [1.165, 1.54) is 11.3 Å². The number of aromatic nitrogens is 4. The molecule has 1 atom stereocenters. The summed E-state index contributed by atoms with van der Waals surface area (Å²) in [4.78, 5) is 18.8. The lowest BCUT2D eigenvalue weighted by molar-refractivity contribution is 0.522. The Morgan fingerprint density at radius 3 is 2.62 bits per heavy atom. The predicted molar refractivity (Wildman–Crippen MR) is 129 cm³/mol. The highest BCUT2D eigenvalue weighted by Crippen LogP contribution is 2.39. The van der Waals surface area contributed by atoms with Crippen LogP contribution < -0.4 is 5.56 Å². The molecular weight excluding hydrogens is 440 g/mol. The Labute approximate surface area is 196 Å². The second-order valence-corrected chi connectivity index (χ2v) is 10.4. The zero-order valence-electron chi connectivity index (χ0n) is 18.4. The van der Waals surface area contributed by atoms with Gasteiger partial charge in [0, 0.05) is 34.7 Å². The van der Waals surface area contributed by atoms with E-state index in [2.05, 4.69) is 30.1 Å². The first-order valence-corrected chi connectivity index (χ1v) is 12.1. The molecule has 5 nitrogen and oxygen atoms in total. The van der Waals surface area contributed by atoms with Crippen LogP contribution in [0.1, 0.15) is 64.7 Å². The minimum atomic E-state index is -0.147. The number of thiophene rings is 1. The summed E-state index contributed by atoms with van der Waals surface area (Å²) in [6.45, 7) is 6.09. The maximum absolute atomic E-state index is 13.4. The average molecular weight is 465 g/mol. The Morgan fingerprint density at radius 1 is 1.19 bits per heavy atom. The topological polar surface area (TPSA) is 52.7 Å². The van der Waals surface area contributed by atoms with Gasteiger partial charge >= 0.3 is 0 Å². The molecule has 0 aliphatic heterocycles. The number of rotatable bonds is 6. The van der Waals surface area contributed by atoms with Crippen LogP contribution in [-0.2, 0) is 6.42 Å². The van der Waals surface area contributed by atoms with Gasteiger partial charge in [-0.1, -0.05) is 23.7 Å². The van der Waals surface area contributed by atoms with E-state index in [-0.39, 0.29) is 11.6 Å². The molecule has 0 amide bonds. The lowest BCUT2D eigenvalue weighted by Crippen LogP contribution is -2.30. The fourth-order valence-electron chi connectivity index (χ4n) is 4.12. The molecule has 1 aromatic carbocycles. The van der Waals surface area contributed by atoms with Crippen LogP contribution in [0.25, 0.3) is 5.69 Å². The molecule has 1 fully saturated rings. The van der Waals surface area contributed by atoms with Gasteiger partial charge in [0.25, 0.3) is 5.56 Å². The van der Waals surface area contributed by atoms with Crippen molar-refractivity contribution in [1.82, 2.24) is 19.3 Å². The van der Waals surface area contributed by atoms with Crippen LogP contribution in [0.4, 0.5) is 0 Å². The first-order chi connectivity index (χ1) is 15.4. The van der Waals surface area contributed by atoms with E-state index >= 15 is 0 Å². The third-order valence-corrected chi connectivity index (χ3v) is 7.44. The average Bonchev–Trinajstić information content (AvgIpc) is 3.39. The monoisotopic (exact) mass is 464 g/mol. The van der Waals surface area contributed by atoms with Crippen LogP contribution in [0, 0.1) is 13.8 Å². The second kappa shape index (κ2) is 8.34. The van der Waals surface area contributed by atoms with Gasteiger partial charge in [0.1, 0.15) is 0 Å². The third-order valence-electron chi connectivity index (χ3n) is 6.04. The fourth-order valence-corrected chi connectivity index (χ4v) is 5.22. The Morgan fingerprint density at radius 2 is 2.00 bits per heavy atom. The smallest absolute Gasteiger partial charge is 0.270 e. The van der Waals surface area contributed by atoms with E-state index in [9.17, 15) is 4.79 Å². The normalized spacial score (nSPS) is 14.6. The summed E-state index contributed by atoms with van der Waals surface area (Å²) < 4.78 is 4.41. The number of hydrogen-bond donors (Lipinski definition) is 0. The number of imidazole rings is 1. The van der Waals surface area contributed by atoms with Gasteiger partial charge in [-0.05, 0) is 69.0 Å². The minimum absolute atomic E-state index is 0.0293. The molecule has 4 aromatic rings. The standard InChI is InChI=1S/C25H25ClN4OS/c1-15-10-18(4-7-22(15)29-13-16(2)27-14-29)11-20-12-21(19-5-6-19)28-30(25(20)31)17(3)23-8-9-24(26)32-23/h4,7-10,12-14,17,19H,5-6,11H2,1-3H3/t17-/m0/s1. The van der Waals surface area contributed by atoms with Gasteiger partial charge in [0.05, 0.1) is 28.1 Å². The highest BCUT2D eigenvalue weighted by molar-refractivity contribution is 7.16. The predicted octanol–water partition coefficient (Wildman–Crippen LogP) is 5.84. The van der Waals surface area contributed by atoms with Crippen molar-refractivity contribution in [3.63, 3.8) is 0 Å². The Kier molecular flexibility index (Phi) is 5.51. The lowest BCUT2D eigenvalue weighted by Gasteiger charge is -2.16. The van der Waals surface area contributed by atoms with Gasteiger partial charge in [-0.3, -0.25) is 4.79 Å². The molecule has 0 N–H and O–H groups in total. The SMILES string of the molecule is Cc1cn(-c2ccc(Cc3cc(C4CC4)nn([C@@H](C)c4ccc(Cl)s4)c3=O)cc2C)cn1. The molecule has 5 rings (SSSR count). The Balaban J connectivity index is 1.50. The van der Waals surface area contributed by atoms with Gasteiger partial charge < -0.3 is 4.57 Å². The van der Waals surface area contributed by atoms with Gasteiger partial charge in [-0.25, -0.2) is 9.67 Å². The molecule has 0 radical (unpaired) electrons. The van der Waals surface area contributed by atoms with Crippen molar-refractivity contribution >= 4 is 22.9 Å². The molecule has 0 bridgehead atoms. The molecule has 7 heteroatoms. The van der Waals surface area contributed by atoms with Crippen LogP contribution in [0.3, 0.4) is 0 Å². The van der Waals surface area contributed by atoms with Crippen molar-refractivity contribution in [3.05, 3.63) is 96.6 Å². The summed E-state index contributed by atoms with van der Waals surface area (Å²) in [6, 6.07) is 12.1.